The Morgan fingerprint density at radius 3 is 3.00 bits per heavy atom. The van der Waals surface area contributed by atoms with E-state index >= 15 is 0 Å². The zero-order valence-corrected chi connectivity index (χ0v) is 12.5. The Balaban J connectivity index is 1.81. The van der Waals surface area contributed by atoms with Crippen LogP contribution in [0.15, 0.2) is 35.7 Å². The van der Waals surface area contributed by atoms with Gasteiger partial charge in [-0.05, 0) is 59.9 Å². The molecular formula is C17H21NS. The number of nitrogens with one attached hydrogen (secondary N) is 1. The zero-order chi connectivity index (χ0) is 13.2. The van der Waals surface area contributed by atoms with Gasteiger partial charge in [0, 0.05) is 10.6 Å². The molecule has 2 aromatic rings. The number of fused-ring (bicyclic) bond motifs is 1. The first-order chi connectivity index (χ1) is 9.24. The van der Waals surface area contributed by atoms with Crippen molar-refractivity contribution in [1.82, 2.24) is 0 Å². The third-order valence-electron chi connectivity index (χ3n) is 3.95. The Morgan fingerprint density at radius 1 is 1.26 bits per heavy atom. The summed E-state index contributed by atoms with van der Waals surface area (Å²) in [5, 5.41) is 5.96. The second-order valence-corrected chi connectivity index (χ2v) is 6.67. The topological polar surface area (TPSA) is 12.0 Å². The van der Waals surface area contributed by atoms with Crippen LogP contribution in [0.3, 0.4) is 0 Å². The van der Waals surface area contributed by atoms with Crippen molar-refractivity contribution in [3.8, 4) is 0 Å². The van der Waals surface area contributed by atoms with Crippen molar-refractivity contribution in [1.29, 1.82) is 0 Å². The molecule has 1 atom stereocenters. The first-order valence-electron chi connectivity index (χ1n) is 7.17. The predicted molar refractivity (Wildman–Crippen MR) is 84.2 cm³/mol. The highest BCUT2D eigenvalue weighted by atomic mass is 32.1. The van der Waals surface area contributed by atoms with Crippen LogP contribution < -0.4 is 5.32 Å². The summed E-state index contributed by atoms with van der Waals surface area (Å²) in [5.74, 6) is 0.588. The van der Waals surface area contributed by atoms with Crippen molar-refractivity contribution in [2.75, 3.05) is 5.32 Å². The molecule has 3 rings (SSSR count). The Kier molecular flexibility index (Phi) is 3.61. The minimum absolute atomic E-state index is 0.498. The quantitative estimate of drug-likeness (QED) is 0.792. The van der Waals surface area contributed by atoms with E-state index in [9.17, 15) is 0 Å². The van der Waals surface area contributed by atoms with E-state index in [1.165, 1.54) is 36.1 Å². The maximum atomic E-state index is 3.73. The fraction of sp³-hybridized carbons (Fsp3) is 0.412. The molecule has 0 radical (unpaired) electrons. The van der Waals surface area contributed by atoms with Crippen LogP contribution in [0.1, 0.15) is 54.7 Å². The molecule has 0 aliphatic heterocycles. The summed E-state index contributed by atoms with van der Waals surface area (Å²) in [6, 6.07) is 11.7. The first kappa shape index (κ1) is 12.7. The standard InChI is InChI=1S/C17H21NS/c1-12(2)13-5-3-6-14(11-13)18-16-7-4-8-17-15(16)9-10-19-17/h3,5-6,9-12,16,18H,4,7-8H2,1-2H3. The first-order valence-corrected chi connectivity index (χ1v) is 8.05. The average Bonchev–Trinajstić information content (AvgIpc) is 2.88. The molecule has 2 heteroatoms. The molecule has 0 amide bonds. The van der Waals surface area contributed by atoms with Gasteiger partial charge < -0.3 is 5.32 Å². The zero-order valence-electron chi connectivity index (χ0n) is 11.6. The minimum Gasteiger partial charge on any atom is -0.378 e. The molecule has 100 valence electrons. The molecule has 1 aromatic heterocycles. The largest absolute Gasteiger partial charge is 0.378 e. The van der Waals surface area contributed by atoms with E-state index in [1.54, 1.807) is 4.88 Å². The lowest BCUT2D eigenvalue weighted by Gasteiger charge is -2.25. The summed E-state index contributed by atoms with van der Waals surface area (Å²) in [6.45, 7) is 4.49. The van der Waals surface area contributed by atoms with Gasteiger partial charge in [0.1, 0.15) is 0 Å². The maximum Gasteiger partial charge on any atom is 0.0524 e. The number of hydrogen-bond acceptors (Lipinski definition) is 2. The molecule has 0 saturated heterocycles. The third-order valence-corrected chi connectivity index (χ3v) is 4.94. The van der Waals surface area contributed by atoms with Gasteiger partial charge in [0.25, 0.3) is 0 Å². The van der Waals surface area contributed by atoms with Gasteiger partial charge in [-0.2, -0.15) is 0 Å². The molecule has 0 fully saturated rings. The lowest BCUT2D eigenvalue weighted by molar-refractivity contribution is 0.609. The van der Waals surface area contributed by atoms with Crippen molar-refractivity contribution >= 4 is 17.0 Å². The molecule has 0 spiro atoms. The monoisotopic (exact) mass is 271 g/mol. The lowest BCUT2D eigenvalue weighted by Crippen LogP contribution is -2.15. The maximum absolute atomic E-state index is 3.73. The Bertz CT molecular complexity index is 556. The Labute approximate surface area is 119 Å². The van der Waals surface area contributed by atoms with E-state index in [2.05, 4.69) is 54.9 Å². The number of thiophene rings is 1. The molecule has 0 bridgehead atoms. The lowest BCUT2D eigenvalue weighted by atomic mass is 9.93. The highest BCUT2D eigenvalue weighted by Crippen LogP contribution is 2.35. The number of anilines is 1. The summed E-state index contributed by atoms with van der Waals surface area (Å²) in [7, 11) is 0. The molecule has 1 nitrogen and oxygen atoms in total. The second kappa shape index (κ2) is 5.38. The van der Waals surface area contributed by atoms with Crippen molar-refractivity contribution in [2.45, 2.75) is 45.1 Å². The van der Waals surface area contributed by atoms with Crippen LogP contribution in [0.25, 0.3) is 0 Å². The average molecular weight is 271 g/mol. The fourth-order valence-corrected chi connectivity index (χ4v) is 3.81. The Hall–Kier alpha value is -1.28. The van der Waals surface area contributed by atoms with Crippen LogP contribution >= 0.6 is 11.3 Å². The van der Waals surface area contributed by atoms with Crippen LogP contribution in [0.2, 0.25) is 0 Å². The van der Waals surface area contributed by atoms with E-state index in [0.29, 0.717) is 12.0 Å². The number of aryl methyl sites for hydroxylation is 1. The number of benzene rings is 1. The fourth-order valence-electron chi connectivity index (χ4n) is 2.83. The summed E-state index contributed by atoms with van der Waals surface area (Å²) >= 11 is 1.91. The van der Waals surface area contributed by atoms with Gasteiger partial charge in [0.2, 0.25) is 0 Å². The van der Waals surface area contributed by atoms with Gasteiger partial charge in [-0.15, -0.1) is 11.3 Å². The summed E-state index contributed by atoms with van der Waals surface area (Å²) in [6.07, 6.45) is 3.81. The normalized spacial score (nSPS) is 18.4. The molecule has 0 saturated carbocycles. The van der Waals surface area contributed by atoms with Gasteiger partial charge in [0.15, 0.2) is 0 Å². The molecule has 1 N–H and O–H groups in total. The third kappa shape index (κ3) is 2.69. The van der Waals surface area contributed by atoms with Crippen LogP contribution in [-0.2, 0) is 6.42 Å². The molecule has 1 aromatic carbocycles. The van der Waals surface area contributed by atoms with E-state index in [-0.39, 0.29) is 0 Å². The van der Waals surface area contributed by atoms with Gasteiger partial charge in [-0.3, -0.25) is 0 Å². The highest BCUT2D eigenvalue weighted by Gasteiger charge is 2.20. The van der Waals surface area contributed by atoms with Gasteiger partial charge >= 0.3 is 0 Å². The van der Waals surface area contributed by atoms with Crippen LogP contribution in [0.4, 0.5) is 5.69 Å². The molecule has 1 aliphatic carbocycles. The molecule has 19 heavy (non-hydrogen) atoms. The molecule has 1 aliphatic rings. The van der Waals surface area contributed by atoms with Gasteiger partial charge in [-0.25, -0.2) is 0 Å². The van der Waals surface area contributed by atoms with Crippen LogP contribution in [0, 0.1) is 0 Å². The van der Waals surface area contributed by atoms with E-state index in [4.69, 9.17) is 0 Å². The molecule has 1 unspecified atom stereocenters. The minimum atomic E-state index is 0.498. The van der Waals surface area contributed by atoms with Crippen LogP contribution in [-0.4, -0.2) is 0 Å². The summed E-state index contributed by atoms with van der Waals surface area (Å²) in [4.78, 5) is 1.57. The van der Waals surface area contributed by atoms with Crippen LogP contribution in [0.5, 0.6) is 0 Å². The van der Waals surface area contributed by atoms with Gasteiger partial charge in [-0.1, -0.05) is 26.0 Å². The summed E-state index contributed by atoms with van der Waals surface area (Å²) in [5.41, 5.74) is 4.19. The highest BCUT2D eigenvalue weighted by molar-refractivity contribution is 7.10. The second-order valence-electron chi connectivity index (χ2n) is 5.67. The van der Waals surface area contributed by atoms with Gasteiger partial charge in [0.05, 0.1) is 6.04 Å². The molecular weight excluding hydrogens is 250 g/mol. The Morgan fingerprint density at radius 2 is 2.16 bits per heavy atom. The van der Waals surface area contributed by atoms with E-state index in [1.807, 2.05) is 11.3 Å². The number of rotatable bonds is 3. The smallest absolute Gasteiger partial charge is 0.0524 e. The van der Waals surface area contributed by atoms with Crippen molar-refractivity contribution < 1.29 is 0 Å². The van der Waals surface area contributed by atoms with Crippen molar-refractivity contribution in [3.63, 3.8) is 0 Å². The predicted octanol–water partition coefficient (Wildman–Crippen LogP) is 5.36. The summed E-state index contributed by atoms with van der Waals surface area (Å²) < 4.78 is 0. The SMILES string of the molecule is CC(C)c1cccc(NC2CCCc3sccc32)c1. The number of hydrogen-bond donors (Lipinski definition) is 1. The van der Waals surface area contributed by atoms with Crippen molar-refractivity contribution in [3.05, 3.63) is 51.7 Å². The van der Waals surface area contributed by atoms with E-state index < -0.39 is 0 Å². The van der Waals surface area contributed by atoms with E-state index in [0.717, 1.165) is 0 Å². The molecule has 1 heterocycles. The van der Waals surface area contributed by atoms with Crippen molar-refractivity contribution in [2.24, 2.45) is 0 Å².